The van der Waals surface area contributed by atoms with Gasteiger partial charge >= 0.3 is 0 Å². The van der Waals surface area contributed by atoms with Crippen LogP contribution in [0.15, 0.2) is 66.0 Å². The maximum absolute atomic E-state index is 13.3. The van der Waals surface area contributed by atoms with Gasteiger partial charge < -0.3 is 5.73 Å². The van der Waals surface area contributed by atoms with E-state index in [1.165, 1.54) is 4.90 Å². The van der Waals surface area contributed by atoms with Gasteiger partial charge in [0.05, 0.1) is 12.4 Å². The third-order valence-corrected chi connectivity index (χ3v) is 5.04. The molecular formula is C21H20N6O. The first-order valence-corrected chi connectivity index (χ1v) is 9.02. The number of pyridine rings is 1. The standard InChI is InChI=1S/C21H20N6O/c1-3-18-8-7-17(13-23-18)21(19(28)27(2)20(22)26-21)16-6-4-5-14(11-16)15-9-10-24-25-12-15/h4-13H,3H2,1-2H3,(H2,22,26). The van der Waals surface area contributed by atoms with Crippen LogP contribution in [0.1, 0.15) is 23.7 Å². The van der Waals surface area contributed by atoms with Gasteiger partial charge in [-0.1, -0.05) is 31.2 Å². The number of aromatic nitrogens is 3. The molecule has 1 amide bonds. The van der Waals surface area contributed by atoms with Crippen LogP contribution in [0.5, 0.6) is 0 Å². The van der Waals surface area contributed by atoms with Gasteiger partial charge in [-0.25, -0.2) is 4.99 Å². The number of likely N-dealkylation sites (N-methyl/N-ethyl adjacent to an activating group) is 1. The first kappa shape index (κ1) is 17.8. The molecule has 1 atom stereocenters. The molecule has 4 rings (SSSR count). The number of guanidine groups is 1. The van der Waals surface area contributed by atoms with E-state index in [1.807, 2.05) is 49.4 Å². The average Bonchev–Trinajstić information content (AvgIpc) is 2.99. The van der Waals surface area contributed by atoms with Crippen molar-refractivity contribution in [2.24, 2.45) is 10.7 Å². The molecule has 140 valence electrons. The predicted octanol–water partition coefficient (Wildman–Crippen LogP) is 2.13. The largest absolute Gasteiger partial charge is 0.369 e. The zero-order valence-electron chi connectivity index (χ0n) is 15.7. The fourth-order valence-corrected chi connectivity index (χ4v) is 3.42. The SMILES string of the molecule is CCc1ccc(C2(c3cccc(-c4ccnnc4)c3)N=C(N)N(C)C2=O)cn1. The Hall–Kier alpha value is -3.61. The third-order valence-electron chi connectivity index (χ3n) is 5.04. The maximum atomic E-state index is 13.3. The Morgan fingerprint density at radius 1 is 1.04 bits per heavy atom. The van der Waals surface area contributed by atoms with Gasteiger partial charge in [0.2, 0.25) is 0 Å². The first-order valence-electron chi connectivity index (χ1n) is 9.02. The van der Waals surface area contributed by atoms with E-state index in [4.69, 9.17) is 5.73 Å². The highest BCUT2D eigenvalue weighted by atomic mass is 16.2. The van der Waals surface area contributed by atoms with Crippen molar-refractivity contribution in [1.82, 2.24) is 20.1 Å². The molecule has 0 saturated heterocycles. The van der Waals surface area contributed by atoms with Crippen molar-refractivity contribution in [3.63, 3.8) is 0 Å². The molecule has 2 aromatic heterocycles. The van der Waals surface area contributed by atoms with E-state index >= 15 is 0 Å². The number of amides is 1. The zero-order chi connectivity index (χ0) is 19.7. The highest BCUT2D eigenvalue weighted by molar-refractivity contribution is 6.09. The van der Waals surface area contributed by atoms with Crippen molar-refractivity contribution in [3.05, 3.63) is 77.9 Å². The number of nitrogens with two attached hydrogens (primary N) is 1. The van der Waals surface area contributed by atoms with Crippen molar-refractivity contribution >= 4 is 11.9 Å². The second-order valence-electron chi connectivity index (χ2n) is 6.65. The fourth-order valence-electron chi connectivity index (χ4n) is 3.42. The Balaban J connectivity index is 1.91. The van der Waals surface area contributed by atoms with Gasteiger partial charge in [-0.05, 0) is 35.7 Å². The summed E-state index contributed by atoms with van der Waals surface area (Å²) in [6.07, 6.45) is 5.85. The summed E-state index contributed by atoms with van der Waals surface area (Å²) < 4.78 is 0. The molecule has 0 spiro atoms. The molecular weight excluding hydrogens is 352 g/mol. The molecule has 28 heavy (non-hydrogen) atoms. The quantitative estimate of drug-likeness (QED) is 0.757. The van der Waals surface area contributed by atoms with Gasteiger partial charge in [0.25, 0.3) is 5.91 Å². The molecule has 2 N–H and O–H groups in total. The zero-order valence-corrected chi connectivity index (χ0v) is 15.7. The minimum Gasteiger partial charge on any atom is -0.369 e. The topological polar surface area (TPSA) is 97.4 Å². The molecule has 1 aliphatic rings. The van der Waals surface area contributed by atoms with Crippen LogP contribution in [-0.2, 0) is 16.8 Å². The Morgan fingerprint density at radius 3 is 2.50 bits per heavy atom. The van der Waals surface area contributed by atoms with E-state index in [2.05, 4.69) is 20.2 Å². The van der Waals surface area contributed by atoms with Crippen molar-refractivity contribution in [2.75, 3.05) is 7.05 Å². The van der Waals surface area contributed by atoms with Crippen LogP contribution < -0.4 is 5.73 Å². The fraction of sp³-hybridized carbons (Fsp3) is 0.190. The number of aryl methyl sites for hydroxylation is 1. The van der Waals surface area contributed by atoms with E-state index in [9.17, 15) is 4.79 Å². The minimum absolute atomic E-state index is 0.181. The van der Waals surface area contributed by atoms with Crippen molar-refractivity contribution in [1.29, 1.82) is 0 Å². The molecule has 0 bridgehead atoms. The van der Waals surface area contributed by atoms with Crippen LogP contribution in [0.4, 0.5) is 0 Å². The summed E-state index contributed by atoms with van der Waals surface area (Å²) >= 11 is 0. The number of carbonyl (C=O) groups is 1. The van der Waals surface area contributed by atoms with Crippen molar-refractivity contribution < 1.29 is 4.79 Å². The van der Waals surface area contributed by atoms with Gasteiger partial charge in [0, 0.05) is 30.1 Å². The van der Waals surface area contributed by atoms with Crippen molar-refractivity contribution in [2.45, 2.75) is 18.9 Å². The summed E-state index contributed by atoms with van der Waals surface area (Å²) in [5.41, 5.74) is 8.97. The van der Waals surface area contributed by atoms with Gasteiger partial charge in [-0.2, -0.15) is 10.2 Å². The lowest BCUT2D eigenvalue weighted by molar-refractivity contribution is -0.129. The molecule has 0 aliphatic carbocycles. The van der Waals surface area contributed by atoms with Crippen LogP contribution in [0.3, 0.4) is 0 Å². The first-order chi connectivity index (χ1) is 13.6. The number of aliphatic imine (C=N–C) groups is 1. The predicted molar refractivity (Wildman–Crippen MR) is 106 cm³/mol. The monoisotopic (exact) mass is 372 g/mol. The molecule has 3 aromatic rings. The van der Waals surface area contributed by atoms with E-state index in [1.54, 1.807) is 25.6 Å². The molecule has 1 aromatic carbocycles. The van der Waals surface area contributed by atoms with Gasteiger partial charge in [-0.15, -0.1) is 0 Å². The second-order valence-corrected chi connectivity index (χ2v) is 6.65. The molecule has 7 heteroatoms. The lowest BCUT2D eigenvalue weighted by Crippen LogP contribution is -2.41. The normalized spacial score (nSPS) is 19.0. The number of rotatable bonds is 4. The summed E-state index contributed by atoms with van der Waals surface area (Å²) in [6.45, 7) is 2.04. The Kier molecular flexibility index (Phi) is 4.35. The second kappa shape index (κ2) is 6.84. The highest BCUT2D eigenvalue weighted by Crippen LogP contribution is 2.40. The smallest absolute Gasteiger partial charge is 0.266 e. The number of nitrogens with zero attached hydrogens (tertiary/aromatic N) is 5. The Bertz CT molecular complexity index is 1050. The summed E-state index contributed by atoms with van der Waals surface area (Å²) in [7, 11) is 1.63. The summed E-state index contributed by atoms with van der Waals surface area (Å²) in [5, 5.41) is 7.76. The summed E-state index contributed by atoms with van der Waals surface area (Å²) in [5.74, 6) is -0.0263. The van der Waals surface area contributed by atoms with Crippen molar-refractivity contribution in [3.8, 4) is 11.1 Å². The van der Waals surface area contributed by atoms with Crippen LogP contribution in [-0.4, -0.2) is 39.0 Å². The number of hydrogen-bond donors (Lipinski definition) is 1. The highest BCUT2D eigenvalue weighted by Gasteiger charge is 2.49. The number of hydrogen-bond acceptors (Lipinski definition) is 6. The third kappa shape index (κ3) is 2.72. The molecule has 0 radical (unpaired) electrons. The molecule has 0 fully saturated rings. The number of benzene rings is 1. The molecule has 0 saturated carbocycles. The van der Waals surface area contributed by atoms with E-state index in [0.29, 0.717) is 5.56 Å². The Morgan fingerprint density at radius 2 is 1.89 bits per heavy atom. The molecule has 7 nitrogen and oxygen atoms in total. The lowest BCUT2D eigenvalue weighted by atomic mass is 9.82. The minimum atomic E-state index is -1.26. The molecule has 3 heterocycles. The number of carbonyl (C=O) groups excluding carboxylic acids is 1. The maximum Gasteiger partial charge on any atom is 0.266 e. The van der Waals surface area contributed by atoms with Crippen LogP contribution >= 0.6 is 0 Å². The van der Waals surface area contributed by atoms with Gasteiger partial charge in [0.1, 0.15) is 0 Å². The van der Waals surface area contributed by atoms with Gasteiger partial charge in [-0.3, -0.25) is 14.7 Å². The van der Waals surface area contributed by atoms with E-state index in [-0.39, 0.29) is 11.9 Å². The van der Waals surface area contributed by atoms with Crippen LogP contribution in [0.25, 0.3) is 11.1 Å². The van der Waals surface area contributed by atoms with Crippen LogP contribution in [0, 0.1) is 0 Å². The molecule has 1 aliphatic heterocycles. The van der Waals surface area contributed by atoms with Gasteiger partial charge in [0.15, 0.2) is 11.5 Å². The average molecular weight is 372 g/mol. The summed E-state index contributed by atoms with van der Waals surface area (Å²) in [6, 6.07) is 13.4. The van der Waals surface area contributed by atoms with E-state index in [0.717, 1.165) is 28.8 Å². The van der Waals surface area contributed by atoms with E-state index < -0.39 is 5.54 Å². The van der Waals surface area contributed by atoms with Crippen LogP contribution in [0.2, 0.25) is 0 Å². The summed E-state index contributed by atoms with van der Waals surface area (Å²) in [4.78, 5) is 23.8. The molecule has 1 unspecified atom stereocenters. The lowest BCUT2D eigenvalue weighted by Gasteiger charge is -2.26. The Labute approximate surface area is 163 Å².